The predicted octanol–water partition coefficient (Wildman–Crippen LogP) is 0.851. The van der Waals surface area contributed by atoms with Crippen LogP contribution < -0.4 is 5.69 Å². The third-order valence-electron chi connectivity index (χ3n) is 5.04. The van der Waals surface area contributed by atoms with E-state index in [1.165, 1.54) is 14.1 Å². The van der Waals surface area contributed by atoms with Gasteiger partial charge in [-0.05, 0) is 31.6 Å². The van der Waals surface area contributed by atoms with Gasteiger partial charge in [-0.2, -0.15) is 5.10 Å². The van der Waals surface area contributed by atoms with Crippen molar-refractivity contribution in [1.82, 2.24) is 19.2 Å². The second kappa shape index (κ2) is 5.42. The lowest BCUT2D eigenvalue weighted by Crippen LogP contribution is -2.42. The Morgan fingerprint density at radius 3 is 2.52 bits per heavy atom. The van der Waals surface area contributed by atoms with Gasteiger partial charge in [0.25, 0.3) is 0 Å². The van der Waals surface area contributed by atoms with Gasteiger partial charge in [0, 0.05) is 13.0 Å². The van der Waals surface area contributed by atoms with Crippen LogP contribution in [-0.4, -0.2) is 50.6 Å². The van der Waals surface area contributed by atoms with Gasteiger partial charge in [0.1, 0.15) is 11.9 Å². The maximum absolute atomic E-state index is 13.4. The molecule has 0 N–H and O–H groups in total. The van der Waals surface area contributed by atoms with E-state index in [0.717, 1.165) is 19.3 Å². The summed E-state index contributed by atoms with van der Waals surface area (Å²) in [4.78, 5) is 26.4. The van der Waals surface area contributed by atoms with Crippen LogP contribution in [0.2, 0.25) is 0 Å². The fourth-order valence-electron chi connectivity index (χ4n) is 3.54. The number of aromatic nitrogens is 3. The molecular weight excluding hydrogens is 306 g/mol. The van der Waals surface area contributed by atoms with Gasteiger partial charge in [0.05, 0.1) is 13.1 Å². The Hall–Kier alpha value is -1.73. The standard InChI is InChI=1S/C15H20F2N4O2/c16-10-7-19(8-11(10)17)14(22)12-2-1-3-13-18-20(6-9-4-5-9)15(23)21(12)13/h9-12H,1-8H2/t10-,11+,12-/m0/s1. The first-order chi connectivity index (χ1) is 11.0. The first-order valence-corrected chi connectivity index (χ1v) is 8.29. The van der Waals surface area contributed by atoms with Crippen LogP contribution >= 0.6 is 0 Å². The molecule has 126 valence electrons. The van der Waals surface area contributed by atoms with Gasteiger partial charge in [-0.3, -0.25) is 9.36 Å². The number of carbonyl (C=O) groups excluding carboxylic acids is 1. The Morgan fingerprint density at radius 1 is 1.17 bits per heavy atom. The predicted molar refractivity (Wildman–Crippen MR) is 77.6 cm³/mol. The molecule has 1 saturated carbocycles. The van der Waals surface area contributed by atoms with E-state index in [4.69, 9.17) is 0 Å². The summed E-state index contributed by atoms with van der Waals surface area (Å²) in [6.07, 6.45) is 0.899. The van der Waals surface area contributed by atoms with Crippen molar-refractivity contribution >= 4 is 5.91 Å². The second-order valence-electron chi connectivity index (χ2n) is 6.88. The normalized spacial score (nSPS) is 30.5. The molecule has 23 heavy (non-hydrogen) atoms. The zero-order chi connectivity index (χ0) is 16.1. The molecule has 1 aromatic rings. The molecule has 3 heterocycles. The summed E-state index contributed by atoms with van der Waals surface area (Å²) in [6, 6.07) is -0.670. The summed E-state index contributed by atoms with van der Waals surface area (Å²) in [5.74, 6) is 0.770. The van der Waals surface area contributed by atoms with Crippen LogP contribution in [0.1, 0.15) is 37.5 Å². The third-order valence-corrected chi connectivity index (χ3v) is 5.04. The molecule has 2 aliphatic heterocycles. The largest absolute Gasteiger partial charge is 0.346 e. The number of fused-ring (bicyclic) bond motifs is 1. The first-order valence-electron chi connectivity index (χ1n) is 8.29. The number of aryl methyl sites for hydroxylation is 1. The van der Waals surface area contributed by atoms with Gasteiger partial charge in [-0.15, -0.1) is 0 Å². The van der Waals surface area contributed by atoms with Crippen molar-refractivity contribution < 1.29 is 13.6 Å². The number of amides is 1. The van der Waals surface area contributed by atoms with Crippen LogP contribution in [0.4, 0.5) is 8.78 Å². The Bertz CT molecular complexity index is 672. The van der Waals surface area contributed by atoms with Crippen molar-refractivity contribution in [3.8, 4) is 0 Å². The Balaban J connectivity index is 1.60. The first kappa shape index (κ1) is 14.8. The molecule has 0 aromatic carbocycles. The van der Waals surface area contributed by atoms with E-state index in [9.17, 15) is 18.4 Å². The fourth-order valence-corrected chi connectivity index (χ4v) is 3.54. The molecule has 0 radical (unpaired) electrons. The number of carbonyl (C=O) groups is 1. The minimum Gasteiger partial charge on any atom is -0.335 e. The van der Waals surface area contributed by atoms with E-state index in [1.807, 2.05) is 0 Å². The van der Waals surface area contributed by atoms with Gasteiger partial charge in [0.15, 0.2) is 12.3 Å². The smallest absolute Gasteiger partial charge is 0.335 e. The van der Waals surface area contributed by atoms with E-state index in [0.29, 0.717) is 31.1 Å². The average Bonchev–Trinajstić information content (AvgIpc) is 3.21. The van der Waals surface area contributed by atoms with Crippen LogP contribution in [0, 0.1) is 5.92 Å². The number of hydrogen-bond acceptors (Lipinski definition) is 3. The van der Waals surface area contributed by atoms with E-state index in [1.54, 1.807) is 0 Å². The lowest BCUT2D eigenvalue weighted by Gasteiger charge is -2.26. The van der Waals surface area contributed by atoms with E-state index in [-0.39, 0.29) is 24.7 Å². The molecule has 4 rings (SSSR count). The quantitative estimate of drug-likeness (QED) is 0.827. The second-order valence-corrected chi connectivity index (χ2v) is 6.88. The van der Waals surface area contributed by atoms with Gasteiger partial charge in [-0.1, -0.05) is 0 Å². The molecule has 0 bridgehead atoms. The van der Waals surface area contributed by atoms with Crippen molar-refractivity contribution in [3.63, 3.8) is 0 Å². The Morgan fingerprint density at radius 2 is 1.87 bits per heavy atom. The maximum atomic E-state index is 13.4. The molecule has 0 spiro atoms. The van der Waals surface area contributed by atoms with Crippen LogP contribution in [0.3, 0.4) is 0 Å². The zero-order valence-corrected chi connectivity index (χ0v) is 12.8. The summed E-state index contributed by atoms with van der Waals surface area (Å²) < 4.78 is 29.6. The highest BCUT2D eigenvalue weighted by molar-refractivity contribution is 5.81. The number of hydrogen-bond donors (Lipinski definition) is 0. The van der Waals surface area contributed by atoms with E-state index in [2.05, 4.69) is 5.10 Å². The summed E-state index contributed by atoms with van der Waals surface area (Å²) in [5.41, 5.74) is -0.266. The number of likely N-dealkylation sites (tertiary alicyclic amines) is 1. The molecule has 1 aromatic heterocycles. The van der Waals surface area contributed by atoms with Gasteiger partial charge in [-0.25, -0.2) is 18.3 Å². The van der Waals surface area contributed by atoms with Crippen LogP contribution in [0.5, 0.6) is 0 Å². The molecule has 6 nitrogen and oxygen atoms in total. The van der Waals surface area contributed by atoms with Crippen molar-refractivity contribution in [1.29, 1.82) is 0 Å². The number of alkyl halides is 2. The number of halogens is 2. The zero-order valence-electron chi connectivity index (χ0n) is 12.8. The molecule has 3 aliphatic rings. The van der Waals surface area contributed by atoms with Crippen LogP contribution in [-0.2, 0) is 17.8 Å². The average molecular weight is 326 g/mol. The lowest BCUT2D eigenvalue weighted by molar-refractivity contribution is -0.134. The molecular formula is C15H20F2N4O2. The Labute approximate surface area is 132 Å². The Kier molecular flexibility index (Phi) is 3.50. The maximum Gasteiger partial charge on any atom is 0.346 e. The molecule has 8 heteroatoms. The fraction of sp³-hybridized carbons (Fsp3) is 0.800. The molecule has 1 amide bonds. The van der Waals surface area contributed by atoms with Gasteiger partial charge >= 0.3 is 5.69 Å². The lowest BCUT2D eigenvalue weighted by atomic mass is 10.0. The van der Waals surface area contributed by atoms with Gasteiger partial charge < -0.3 is 4.90 Å². The van der Waals surface area contributed by atoms with E-state index < -0.39 is 18.4 Å². The highest BCUT2D eigenvalue weighted by atomic mass is 19.2. The van der Waals surface area contributed by atoms with Crippen LogP contribution in [0.25, 0.3) is 0 Å². The highest BCUT2D eigenvalue weighted by Gasteiger charge is 2.40. The number of rotatable bonds is 3. The summed E-state index contributed by atoms with van der Waals surface area (Å²) in [7, 11) is 0. The van der Waals surface area contributed by atoms with Crippen molar-refractivity contribution in [2.24, 2.45) is 5.92 Å². The van der Waals surface area contributed by atoms with Crippen molar-refractivity contribution in [2.75, 3.05) is 13.1 Å². The molecule has 1 aliphatic carbocycles. The summed E-state index contributed by atoms with van der Waals surface area (Å²) >= 11 is 0. The van der Waals surface area contributed by atoms with Crippen LogP contribution in [0.15, 0.2) is 4.79 Å². The molecule has 2 fully saturated rings. The van der Waals surface area contributed by atoms with Crippen molar-refractivity contribution in [2.45, 2.75) is 57.0 Å². The topological polar surface area (TPSA) is 60.1 Å². The monoisotopic (exact) mass is 326 g/mol. The third kappa shape index (κ3) is 2.57. The minimum absolute atomic E-state index is 0.225. The highest BCUT2D eigenvalue weighted by Crippen LogP contribution is 2.31. The molecule has 3 atom stereocenters. The minimum atomic E-state index is -1.63. The van der Waals surface area contributed by atoms with Gasteiger partial charge in [0.2, 0.25) is 5.91 Å². The SMILES string of the molecule is O=C([C@@H]1CCCc2nn(CC3CC3)c(=O)n21)N1C[C@@H](F)[C@@H](F)C1. The number of nitrogens with zero attached hydrogens (tertiary/aromatic N) is 4. The molecule has 1 saturated heterocycles. The molecule has 0 unspecified atom stereocenters. The van der Waals surface area contributed by atoms with Crippen molar-refractivity contribution in [3.05, 3.63) is 16.3 Å². The summed E-state index contributed by atoms with van der Waals surface area (Å²) in [6.45, 7) is 0.149. The van der Waals surface area contributed by atoms with E-state index >= 15 is 0 Å². The summed E-state index contributed by atoms with van der Waals surface area (Å²) in [5, 5.41) is 4.37.